The van der Waals surface area contributed by atoms with E-state index in [1.165, 1.54) is 6.07 Å². The van der Waals surface area contributed by atoms with Gasteiger partial charge in [0.15, 0.2) is 0 Å². The predicted octanol–water partition coefficient (Wildman–Crippen LogP) is 3.69. The van der Waals surface area contributed by atoms with Gasteiger partial charge in [0.25, 0.3) is 0 Å². The number of nitrogens with zero attached hydrogens (tertiary/aromatic N) is 1. The van der Waals surface area contributed by atoms with E-state index in [4.69, 9.17) is 11.6 Å². The fraction of sp³-hybridized carbons (Fsp3) is 0.400. The Balaban J connectivity index is 1.88. The van der Waals surface area contributed by atoms with E-state index in [0.29, 0.717) is 5.92 Å². The summed E-state index contributed by atoms with van der Waals surface area (Å²) in [7, 11) is 0. The molecule has 1 amide bonds. The first kappa shape index (κ1) is 13.4. The molecule has 1 aromatic heterocycles. The lowest BCUT2D eigenvalue weighted by atomic mass is 9.89. The van der Waals surface area contributed by atoms with Gasteiger partial charge in [-0.15, -0.1) is 0 Å². The second-order valence-electron chi connectivity index (χ2n) is 5.34. The smallest absolute Gasteiger partial charge is 0.219 e. The maximum Gasteiger partial charge on any atom is 0.219 e. The first-order valence-electron chi connectivity index (χ1n) is 6.78. The number of amides is 1. The summed E-state index contributed by atoms with van der Waals surface area (Å²) in [5.74, 6) is 0.0984. The molecule has 0 atom stereocenters. The highest BCUT2D eigenvalue weighted by atomic mass is 35.5. The summed E-state index contributed by atoms with van der Waals surface area (Å²) in [6.07, 6.45) is 3.77. The van der Waals surface area contributed by atoms with Crippen molar-refractivity contribution in [3.63, 3.8) is 0 Å². The molecule has 0 bridgehead atoms. The number of H-pyrrole nitrogens is 1. The zero-order valence-corrected chi connectivity index (χ0v) is 12.0. The molecule has 3 nitrogen and oxygen atoms in total. The fourth-order valence-electron chi connectivity index (χ4n) is 2.98. The molecule has 0 aliphatic carbocycles. The number of halogens is 2. The maximum atomic E-state index is 13.6. The van der Waals surface area contributed by atoms with Crippen LogP contribution in [0, 0.1) is 5.82 Å². The molecule has 1 aliphatic heterocycles. The number of carbonyl (C=O) groups is 1. The summed E-state index contributed by atoms with van der Waals surface area (Å²) in [6, 6.07) is 3.13. The van der Waals surface area contributed by atoms with Gasteiger partial charge in [-0.2, -0.15) is 0 Å². The van der Waals surface area contributed by atoms with E-state index < -0.39 is 0 Å². The van der Waals surface area contributed by atoms with Crippen molar-refractivity contribution in [3.05, 3.63) is 34.7 Å². The van der Waals surface area contributed by atoms with Crippen LogP contribution in [0.25, 0.3) is 10.9 Å². The van der Waals surface area contributed by atoms with Gasteiger partial charge in [0, 0.05) is 37.1 Å². The zero-order chi connectivity index (χ0) is 14.3. The molecule has 5 heteroatoms. The average molecular weight is 295 g/mol. The molecule has 1 saturated heterocycles. The Morgan fingerprint density at radius 1 is 1.40 bits per heavy atom. The lowest BCUT2D eigenvalue weighted by molar-refractivity contribution is -0.129. The number of fused-ring (bicyclic) bond motifs is 1. The molecule has 3 rings (SSSR count). The molecule has 0 spiro atoms. The number of rotatable bonds is 1. The van der Waals surface area contributed by atoms with Gasteiger partial charge in [0.1, 0.15) is 5.82 Å². The molecular weight excluding hydrogens is 279 g/mol. The van der Waals surface area contributed by atoms with Crippen molar-refractivity contribution in [3.8, 4) is 0 Å². The van der Waals surface area contributed by atoms with Crippen molar-refractivity contribution >= 4 is 28.4 Å². The lowest BCUT2D eigenvalue weighted by Gasteiger charge is -2.31. The zero-order valence-electron chi connectivity index (χ0n) is 11.2. The van der Waals surface area contributed by atoms with Gasteiger partial charge >= 0.3 is 0 Å². The van der Waals surface area contributed by atoms with Crippen LogP contribution in [-0.2, 0) is 4.79 Å². The van der Waals surface area contributed by atoms with E-state index in [0.717, 1.165) is 42.4 Å². The Morgan fingerprint density at radius 2 is 2.10 bits per heavy atom. The molecule has 20 heavy (non-hydrogen) atoms. The van der Waals surface area contributed by atoms with Crippen LogP contribution >= 0.6 is 11.6 Å². The van der Waals surface area contributed by atoms with Crippen LogP contribution in [0.5, 0.6) is 0 Å². The molecule has 2 heterocycles. The number of piperidine rings is 1. The van der Waals surface area contributed by atoms with Crippen LogP contribution in [0.1, 0.15) is 31.2 Å². The number of aromatic amines is 1. The van der Waals surface area contributed by atoms with E-state index >= 15 is 0 Å². The van der Waals surface area contributed by atoms with Crippen molar-refractivity contribution in [1.29, 1.82) is 0 Å². The molecule has 1 aromatic carbocycles. The van der Waals surface area contributed by atoms with Crippen LogP contribution in [0.4, 0.5) is 4.39 Å². The van der Waals surface area contributed by atoms with Gasteiger partial charge in [0.2, 0.25) is 5.91 Å². The number of likely N-dealkylation sites (tertiary alicyclic amines) is 1. The number of carbonyl (C=O) groups excluding carboxylic acids is 1. The van der Waals surface area contributed by atoms with Gasteiger partial charge in [0.05, 0.1) is 5.02 Å². The number of benzene rings is 1. The molecule has 106 valence electrons. The number of nitrogens with one attached hydrogen (secondary N) is 1. The summed E-state index contributed by atoms with van der Waals surface area (Å²) in [5.41, 5.74) is 1.99. The minimum Gasteiger partial charge on any atom is -0.361 e. The molecule has 0 unspecified atom stereocenters. The van der Waals surface area contributed by atoms with Crippen LogP contribution < -0.4 is 0 Å². The first-order valence-corrected chi connectivity index (χ1v) is 7.15. The summed E-state index contributed by atoms with van der Waals surface area (Å²) in [5, 5.41) is 1.03. The molecule has 0 saturated carbocycles. The minimum atomic E-state index is -0.388. The normalized spacial score (nSPS) is 16.9. The largest absolute Gasteiger partial charge is 0.361 e. The van der Waals surface area contributed by atoms with Crippen LogP contribution in [0.2, 0.25) is 5.02 Å². The third-order valence-electron chi connectivity index (χ3n) is 4.13. The average Bonchev–Trinajstić information content (AvgIpc) is 2.82. The van der Waals surface area contributed by atoms with Crippen molar-refractivity contribution in [2.75, 3.05) is 13.1 Å². The number of hydrogen-bond acceptors (Lipinski definition) is 1. The fourth-order valence-corrected chi connectivity index (χ4v) is 3.15. The van der Waals surface area contributed by atoms with Crippen molar-refractivity contribution in [1.82, 2.24) is 9.88 Å². The Morgan fingerprint density at radius 3 is 2.75 bits per heavy atom. The molecule has 0 radical (unpaired) electrons. The first-order chi connectivity index (χ1) is 9.56. The third kappa shape index (κ3) is 2.29. The number of hydrogen-bond donors (Lipinski definition) is 1. The molecule has 1 aliphatic rings. The predicted molar refractivity (Wildman–Crippen MR) is 77.5 cm³/mol. The van der Waals surface area contributed by atoms with Crippen molar-refractivity contribution in [2.45, 2.75) is 25.7 Å². The van der Waals surface area contributed by atoms with Crippen LogP contribution in [0.3, 0.4) is 0 Å². The Bertz CT molecular complexity index is 659. The third-order valence-corrected chi connectivity index (χ3v) is 4.42. The second kappa shape index (κ2) is 5.09. The molecule has 1 fully saturated rings. The Labute approximate surface area is 121 Å². The quantitative estimate of drug-likeness (QED) is 0.855. The maximum absolute atomic E-state index is 13.6. The highest BCUT2D eigenvalue weighted by Crippen LogP contribution is 2.34. The van der Waals surface area contributed by atoms with E-state index in [2.05, 4.69) is 4.98 Å². The van der Waals surface area contributed by atoms with Crippen molar-refractivity contribution < 1.29 is 9.18 Å². The van der Waals surface area contributed by atoms with Gasteiger partial charge in [-0.05, 0) is 36.5 Å². The topological polar surface area (TPSA) is 36.1 Å². The van der Waals surface area contributed by atoms with E-state index in [-0.39, 0.29) is 16.7 Å². The monoisotopic (exact) mass is 294 g/mol. The molecular formula is C15H16ClFN2O. The highest BCUT2D eigenvalue weighted by Gasteiger charge is 2.24. The van der Waals surface area contributed by atoms with Crippen LogP contribution in [-0.4, -0.2) is 28.9 Å². The second-order valence-corrected chi connectivity index (χ2v) is 5.74. The summed E-state index contributed by atoms with van der Waals surface area (Å²) >= 11 is 5.80. The number of aromatic nitrogens is 1. The Kier molecular flexibility index (Phi) is 3.42. The Hall–Kier alpha value is -1.55. The van der Waals surface area contributed by atoms with Crippen molar-refractivity contribution in [2.24, 2.45) is 0 Å². The standard InChI is InChI=1S/C15H16ClFN2O/c1-9(20)19-4-2-10(3-5-19)12-8-18-15-7-13(16)14(17)6-11(12)15/h6-8,10,18H,2-5H2,1H3. The molecule has 1 N–H and O–H groups in total. The van der Waals surface area contributed by atoms with Gasteiger partial charge in [-0.3, -0.25) is 4.79 Å². The van der Waals surface area contributed by atoms with E-state index in [1.807, 2.05) is 11.1 Å². The van der Waals surface area contributed by atoms with Gasteiger partial charge in [-0.1, -0.05) is 11.6 Å². The highest BCUT2D eigenvalue weighted by molar-refractivity contribution is 6.31. The van der Waals surface area contributed by atoms with Crippen LogP contribution in [0.15, 0.2) is 18.3 Å². The minimum absolute atomic E-state index is 0.125. The SMILES string of the molecule is CC(=O)N1CCC(c2c[nH]c3cc(Cl)c(F)cc23)CC1. The lowest BCUT2D eigenvalue weighted by Crippen LogP contribution is -2.36. The van der Waals surface area contributed by atoms with E-state index in [1.54, 1.807) is 13.0 Å². The summed E-state index contributed by atoms with van der Waals surface area (Å²) in [6.45, 7) is 3.13. The van der Waals surface area contributed by atoms with E-state index in [9.17, 15) is 9.18 Å². The van der Waals surface area contributed by atoms with Gasteiger partial charge in [-0.25, -0.2) is 4.39 Å². The molecule has 2 aromatic rings. The van der Waals surface area contributed by atoms with Gasteiger partial charge < -0.3 is 9.88 Å². The summed E-state index contributed by atoms with van der Waals surface area (Å²) in [4.78, 5) is 16.4. The summed E-state index contributed by atoms with van der Waals surface area (Å²) < 4.78 is 13.6.